The smallest absolute Gasteiger partial charge is 0.306 e. The van der Waals surface area contributed by atoms with Gasteiger partial charge >= 0.3 is 5.97 Å². The van der Waals surface area contributed by atoms with Crippen LogP contribution in [0, 0.1) is 0 Å². The van der Waals surface area contributed by atoms with Crippen molar-refractivity contribution in [3.05, 3.63) is 0 Å². The topological polar surface area (TPSA) is 52.6 Å². The van der Waals surface area contributed by atoms with Crippen LogP contribution in [0.1, 0.15) is 19.3 Å². The highest BCUT2D eigenvalue weighted by molar-refractivity contribution is 7.85. The predicted octanol–water partition coefficient (Wildman–Crippen LogP) is 0.477. The molecule has 0 amide bonds. The lowest BCUT2D eigenvalue weighted by atomic mass is 10.2. The van der Waals surface area contributed by atoms with E-state index in [4.69, 9.17) is 4.74 Å². The van der Waals surface area contributed by atoms with E-state index < -0.39 is 10.8 Å². The monoisotopic (exact) mass is 220 g/mol. The van der Waals surface area contributed by atoms with Crippen LogP contribution in [0.2, 0.25) is 0 Å². The Kier molecular flexibility index (Phi) is 5.11. The average Bonchev–Trinajstić information content (AvgIpc) is 2.26. The highest BCUT2D eigenvalue weighted by Gasteiger charge is 2.20. The van der Waals surface area contributed by atoms with Gasteiger partial charge in [0.1, 0.15) is 0 Å². The van der Waals surface area contributed by atoms with Gasteiger partial charge in [-0.05, 0) is 12.8 Å². The van der Waals surface area contributed by atoms with Gasteiger partial charge in [0.15, 0.2) is 0 Å². The molecular weight excluding hydrogens is 204 g/mol. The molecule has 1 fully saturated rings. The number of carbonyl (C=O) groups is 1. The molecule has 0 aliphatic carbocycles. The van der Waals surface area contributed by atoms with E-state index in [-0.39, 0.29) is 17.6 Å². The van der Waals surface area contributed by atoms with Crippen molar-refractivity contribution in [1.29, 1.82) is 0 Å². The van der Waals surface area contributed by atoms with E-state index in [0.29, 0.717) is 19.0 Å². The Hall–Kier alpha value is -0.420. The van der Waals surface area contributed by atoms with Crippen LogP contribution < -0.4 is 0 Å². The Labute approximate surface area is 86.4 Å². The Morgan fingerprint density at radius 2 is 2.14 bits per heavy atom. The maximum absolute atomic E-state index is 11.7. The number of methoxy groups -OCH3 is 1. The standard InChI is InChI=1S/C9H16O4S/c1-12-9(10)4-7-14(11)8-2-5-13-6-3-8/h8H,2-7H2,1H3. The van der Waals surface area contributed by atoms with E-state index in [0.717, 1.165) is 12.8 Å². The van der Waals surface area contributed by atoms with Crippen LogP contribution in [0.15, 0.2) is 0 Å². The van der Waals surface area contributed by atoms with E-state index in [1.54, 1.807) is 0 Å². The molecule has 1 rings (SSSR count). The zero-order chi connectivity index (χ0) is 10.4. The highest BCUT2D eigenvalue weighted by atomic mass is 32.2. The molecule has 14 heavy (non-hydrogen) atoms. The van der Waals surface area contributed by atoms with Gasteiger partial charge in [-0.2, -0.15) is 0 Å². The number of ether oxygens (including phenoxy) is 2. The second-order valence-corrected chi connectivity index (χ2v) is 5.06. The summed E-state index contributed by atoms with van der Waals surface area (Å²) in [5, 5.41) is 0.202. The van der Waals surface area contributed by atoms with Crippen molar-refractivity contribution in [3.63, 3.8) is 0 Å². The molecule has 0 aromatic carbocycles. The van der Waals surface area contributed by atoms with Crippen molar-refractivity contribution in [2.75, 3.05) is 26.1 Å². The van der Waals surface area contributed by atoms with Crippen LogP contribution in [0.5, 0.6) is 0 Å². The minimum atomic E-state index is -0.909. The second-order valence-electron chi connectivity index (χ2n) is 3.22. The average molecular weight is 220 g/mol. The second kappa shape index (κ2) is 6.14. The van der Waals surface area contributed by atoms with Gasteiger partial charge < -0.3 is 9.47 Å². The SMILES string of the molecule is COC(=O)CCS(=O)C1CCOCC1. The van der Waals surface area contributed by atoms with Crippen LogP contribution >= 0.6 is 0 Å². The highest BCUT2D eigenvalue weighted by Crippen LogP contribution is 2.13. The molecule has 5 heteroatoms. The van der Waals surface area contributed by atoms with Crippen LogP contribution in [-0.2, 0) is 25.1 Å². The summed E-state index contributed by atoms with van der Waals surface area (Å²) >= 11 is 0. The summed E-state index contributed by atoms with van der Waals surface area (Å²) in [6.07, 6.45) is 1.93. The normalized spacial score (nSPS) is 20.4. The zero-order valence-electron chi connectivity index (χ0n) is 8.36. The zero-order valence-corrected chi connectivity index (χ0v) is 9.18. The van der Waals surface area contributed by atoms with Crippen LogP contribution in [0.25, 0.3) is 0 Å². The lowest BCUT2D eigenvalue weighted by molar-refractivity contribution is -0.140. The van der Waals surface area contributed by atoms with Gasteiger partial charge in [0.05, 0.1) is 13.5 Å². The summed E-state index contributed by atoms with van der Waals surface area (Å²) in [5.41, 5.74) is 0. The quantitative estimate of drug-likeness (QED) is 0.647. The molecule has 0 saturated carbocycles. The van der Waals surface area contributed by atoms with E-state index in [1.807, 2.05) is 0 Å². The fourth-order valence-corrected chi connectivity index (χ4v) is 2.81. The summed E-state index contributed by atoms with van der Waals surface area (Å²) in [7, 11) is 0.437. The number of esters is 1. The Morgan fingerprint density at radius 1 is 1.50 bits per heavy atom. The summed E-state index contributed by atoms with van der Waals surface area (Å²) in [5.74, 6) is 0.127. The Bertz CT molecular complexity index is 211. The van der Waals surface area contributed by atoms with Gasteiger partial charge in [0.2, 0.25) is 0 Å². The molecule has 1 aliphatic rings. The lowest BCUT2D eigenvalue weighted by Gasteiger charge is -2.20. The number of carbonyl (C=O) groups excluding carboxylic acids is 1. The number of hydrogen-bond donors (Lipinski definition) is 0. The number of hydrogen-bond acceptors (Lipinski definition) is 4. The van der Waals surface area contributed by atoms with E-state index in [2.05, 4.69) is 4.74 Å². The fourth-order valence-electron chi connectivity index (χ4n) is 1.39. The first-order valence-corrected chi connectivity index (χ1v) is 6.14. The van der Waals surface area contributed by atoms with Crippen molar-refractivity contribution in [1.82, 2.24) is 0 Å². The van der Waals surface area contributed by atoms with E-state index >= 15 is 0 Å². The molecule has 0 aromatic rings. The molecular formula is C9H16O4S. The number of rotatable bonds is 4. The first kappa shape index (κ1) is 11.7. The third-order valence-electron chi connectivity index (χ3n) is 2.28. The van der Waals surface area contributed by atoms with Gasteiger partial charge in [-0.1, -0.05) is 0 Å². The molecule has 0 radical (unpaired) electrons. The maximum atomic E-state index is 11.7. The van der Waals surface area contributed by atoms with Gasteiger partial charge in [-0.25, -0.2) is 0 Å². The molecule has 1 atom stereocenters. The van der Waals surface area contributed by atoms with Gasteiger partial charge in [-0.3, -0.25) is 9.00 Å². The van der Waals surface area contributed by atoms with Gasteiger partial charge in [0, 0.05) is 35.0 Å². The third-order valence-corrected chi connectivity index (χ3v) is 4.10. The molecule has 1 unspecified atom stereocenters. The molecule has 1 saturated heterocycles. The third kappa shape index (κ3) is 3.75. The molecule has 0 aromatic heterocycles. The summed E-state index contributed by atoms with van der Waals surface area (Å²) < 4.78 is 21.3. The lowest BCUT2D eigenvalue weighted by Crippen LogP contribution is -2.27. The Morgan fingerprint density at radius 3 is 2.71 bits per heavy atom. The van der Waals surface area contributed by atoms with E-state index in [9.17, 15) is 9.00 Å². The predicted molar refractivity (Wildman–Crippen MR) is 53.5 cm³/mol. The summed E-state index contributed by atoms with van der Waals surface area (Å²) in [4.78, 5) is 10.8. The molecule has 82 valence electrons. The summed E-state index contributed by atoms with van der Waals surface area (Å²) in [6.45, 7) is 1.38. The summed E-state index contributed by atoms with van der Waals surface area (Å²) in [6, 6.07) is 0. The molecule has 1 heterocycles. The first-order valence-electron chi connectivity index (χ1n) is 4.75. The molecule has 0 bridgehead atoms. The van der Waals surface area contributed by atoms with Crippen molar-refractivity contribution in [2.45, 2.75) is 24.5 Å². The largest absolute Gasteiger partial charge is 0.469 e. The minimum absolute atomic E-state index is 0.202. The van der Waals surface area contributed by atoms with E-state index in [1.165, 1.54) is 7.11 Å². The molecule has 4 nitrogen and oxygen atoms in total. The first-order chi connectivity index (χ1) is 6.74. The van der Waals surface area contributed by atoms with Gasteiger partial charge in [0.25, 0.3) is 0 Å². The van der Waals surface area contributed by atoms with Crippen LogP contribution in [0.4, 0.5) is 0 Å². The molecule has 0 N–H and O–H groups in total. The van der Waals surface area contributed by atoms with Crippen molar-refractivity contribution < 1.29 is 18.5 Å². The van der Waals surface area contributed by atoms with Crippen LogP contribution in [-0.4, -0.2) is 41.5 Å². The Balaban J connectivity index is 2.23. The van der Waals surface area contributed by atoms with Crippen molar-refractivity contribution in [3.8, 4) is 0 Å². The molecule has 0 spiro atoms. The van der Waals surface area contributed by atoms with Crippen molar-refractivity contribution in [2.24, 2.45) is 0 Å². The van der Waals surface area contributed by atoms with Gasteiger partial charge in [-0.15, -0.1) is 0 Å². The molecule has 1 aliphatic heterocycles. The van der Waals surface area contributed by atoms with Crippen molar-refractivity contribution >= 4 is 16.8 Å². The van der Waals surface area contributed by atoms with Crippen LogP contribution in [0.3, 0.4) is 0 Å². The minimum Gasteiger partial charge on any atom is -0.469 e. The maximum Gasteiger partial charge on any atom is 0.306 e. The fraction of sp³-hybridized carbons (Fsp3) is 0.889.